The number of nitriles is 1. The molecular formula is C20H14ClFN2O2. The largest absolute Gasteiger partial charge is 0.488 e. The van der Waals surface area contributed by atoms with Crippen LogP contribution < -0.4 is 10.3 Å². The summed E-state index contributed by atoms with van der Waals surface area (Å²) in [6, 6.07) is 14.7. The third kappa shape index (κ3) is 3.76. The maximum atomic E-state index is 13.3. The van der Waals surface area contributed by atoms with Gasteiger partial charge in [0.05, 0.1) is 0 Å². The monoisotopic (exact) mass is 368 g/mol. The number of nitrogens with zero attached hydrogens (tertiary/aromatic N) is 1. The number of rotatable bonds is 4. The summed E-state index contributed by atoms with van der Waals surface area (Å²) < 4.78 is 19.2. The Balaban J connectivity index is 2.05. The third-order valence-electron chi connectivity index (χ3n) is 3.79. The van der Waals surface area contributed by atoms with E-state index >= 15 is 0 Å². The minimum atomic E-state index is -0.474. The standard InChI is InChI=1S/C20H14ClFN2O2/c1-12-7-16(18(10-23)20(25)24-12)17-9-14(21)5-6-19(17)26-11-13-3-2-4-15(22)8-13/h2-9H,11H2,1H3,(H,24,25). The quantitative estimate of drug-likeness (QED) is 0.732. The summed E-state index contributed by atoms with van der Waals surface area (Å²) in [6.45, 7) is 1.86. The van der Waals surface area contributed by atoms with E-state index in [-0.39, 0.29) is 18.0 Å². The van der Waals surface area contributed by atoms with E-state index < -0.39 is 5.56 Å². The molecule has 0 saturated carbocycles. The van der Waals surface area contributed by atoms with E-state index in [0.29, 0.717) is 33.2 Å². The van der Waals surface area contributed by atoms with E-state index in [1.165, 1.54) is 12.1 Å². The van der Waals surface area contributed by atoms with Crippen molar-refractivity contribution in [2.45, 2.75) is 13.5 Å². The van der Waals surface area contributed by atoms with Gasteiger partial charge in [0.25, 0.3) is 5.56 Å². The Hall–Kier alpha value is -3.10. The van der Waals surface area contributed by atoms with Gasteiger partial charge < -0.3 is 9.72 Å². The lowest BCUT2D eigenvalue weighted by atomic mass is 10.00. The predicted octanol–water partition coefficient (Wildman–Crippen LogP) is 4.59. The predicted molar refractivity (Wildman–Crippen MR) is 97.7 cm³/mol. The first-order chi connectivity index (χ1) is 12.5. The van der Waals surface area contributed by atoms with E-state index in [2.05, 4.69) is 4.98 Å². The molecule has 26 heavy (non-hydrogen) atoms. The number of nitrogens with one attached hydrogen (secondary N) is 1. The molecule has 0 atom stereocenters. The van der Waals surface area contributed by atoms with Crippen molar-refractivity contribution in [2.24, 2.45) is 0 Å². The lowest BCUT2D eigenvalue weighted by Crippen LogP contribution is -2.13. The van der Waals surface area contributed by atoms with Gasteiger partial charge in [0, 0.05) is 21.8 Å². The summed E-state index contributed by atoms with van der Waals surface area (Å²) in [4.78, 5) is 14.7. The molecule has 3 aromatic rings. The van der Waals surface area contributed by atoms with E-state index in [1.807, 2.05) is 6.07 Å². The van der Waals surface area contributed by atoms with Gasteiger partial charge in [-0.25, -0.2) is 4.39 Å². The molecular weight excluding hydrogens is 355 g/mol. The molecule has 1 heterocycles. The molecule has 0 spiro atoms. The fourth-order valence-corrected chi connectivity index (χ4v) is 2.81. The molecule has 130 valence electrons. The highest BCUT2D eigenvalue weighted by molar-refractivity contribution is 6.31. The molecule has 4 nitrogen and oxygen atoms in total. The summed E-state index contributed by atoms with van der Waals surface area (Å²) in [5.41, 5.74) is 1.74. The zero-order valence-electron chi connectivity index (χ0n) is 13.8. The molecule has 0 bridgehead atoms. The number of aromatic nitrogens is 1. The summed E-state index contributed by atoms with van der Waals surface area (Å²) in [7, 11) is 0. The van der Waals surface area contributed by atoms with Gasteiger partial charge >= 0.3 is 0 Å². The molecule has 0 aliphatic carbocycles. The van der Waals surface area contributed by atoms with Gasteiger partial charge in [0.1, 0.15) is 29.8 Å². The van der Waals surface area contributed by atoms with Crippen LogP contribution in [0.1, 0.15) is 16.8 Å². The second-order valence-corrected chi connectivity index (χ2v) is 6.18. The lowest BCUT2D eigenvalue weighted by Gasteiger charge is -2.14. The maximum Gasteiger partial charge on any atom is 0.266 e. The zero-order valence-corrected chi connectivity index (χ0v) is 14.6. The van der Waals surface area contributed by atoms with Crippen molar-refractivity contribution < 1.29 is 9.13 Å². The minimum absolute atomic E-state index is 0.0199. The molecule has 0 amide bonds. The Morgan fingerprint density at radius 3 is 2.73 bits per heavy atom. The molecule has 0 saturated heterocycles. The topological polar surface area (TPSA) is 65.9 Å². The summed E-state index contributed by atoms with van der Waals surface area (Å²) in [6.07, 6.45) is 0. The highest BCUT2D eigenvalue weighted by Crippen LogP contribution is 2.34. The van der Waals surface area contributed by atoms with Crippen LogP contribution in [0.15, 0.2) is 53.3 Å². The second kappa shape index (κ2) is 7.42. The zero-order chi connectivity index (χ0) is 18.7. The molecule has 0 fully saturated rings. The first-order valence-electron chi connectivity index (χ1n) is 7.79. The Morgan fingerprint density at radius 2 is 2.00 bits per heavy atom. The smallest absolute Gasteiger partial charge is 0.266 e. The molecule has 0 radical (unpaired) electrons. The van der Waals surface area contributed by atoms with Gasteiger partial charge in [0.15, 0.2) is 0 Å². The van der Waals surface area contributed by atoms with Gasteiger partial charge in [-0.2, -0.15) is 5.26 Å². The summed E-state index contributed by atoms with van der Waals surface area (Å²) in [5.74, 6) is 0.0968. The Bertz CT molecular complexity index is 1070. The van der Waals surface area contributed by atoms with Crippen molar-refractivity contribution in [3.63, 3.8) is 0 Å². The van der Waals surface area contributed by atoms with E-state index in [4.69, 9.17) is 16.3 Å². The van der Waals surface area contributed by atoms with Gasteiger partial charge in [-0.15, -0.1) is 0 Å². The van der Waals surface area contributed by atoms with Crippen LogP contribution in [0.3, 0.4) is 0 Å². The average molecular weight is 369 g/mol. The number of benzene rings is 2. The second-order valence-electron chi connectivity index (χ2n) is 5.74. The Labute approximate surface area is 154 Å². The molecule has 1 N–H and O–H groups in total. The van der Waals surface area contributed by atoms with Gasteiger partial charge in [-0.05, 0) is 48.9 Å². The van der Waals surface area contributed by atoms with Crippen molar-refractivity contribution in [1.29, 1.82) is 5.26 Å². The number of pyridine rings is 1. The molecule has 0 unspecified atom stereocenters. The Morgan fingerprint density at radius 1 is 1.19 bits per heavy atom. The van der Waals surface area contributed by atoms with Gasteiger partial charge in [-0.3, -0.25) is 4.79 Å². The molecule has 2 aromatic carbocycles. The fourth-order valence-electron chi connectivity index (χ4n) is 2.64. The normalized spacial score (nSPS) is 10.4. The van der Waals surface area contributed by atoms with Crippen LogP contribution in [-0.4, -0.2) is 4.98 Å². The minimum Gasteiger partial charge on any atom is -0.488 e. The number of H-pyrrole nitrogens is 1. The van der Waals surface area contributed by atoms with Crippen LogP contribution in [-0.2, 0) is 6.61 Å². The van der Waals surface area contributed by atoms with Crippen LogP contribution in [0.2, 0.25) is 5.02 Å². The highest BCUT2D eigenvalue weighted by Gasteiger charge is 2.15. The first-order valence-corrected chi connectivity index (χ1v) is 8.17. The number of hydrogen-bond acceptors (Lipinski definition) is 3. The maximum absolute atomic E-state index is 13.3. The van der Waals surface area contributed by atoms with Crippen molar-refractivity contribution in [3.8, 4) is 22.9 Å². The fraction of sp³-hybridized carbons (Fsp3) is 0.100. The van der Waals surface area contributed by atoms with Crippen LogP contribution >= 0.6 is 11.6 Å². The van der Waals surface area contributed by atoms with Crippen molar-refractivity contribution in [1.82, 2.24) is 4.98 Å². The lowest BCUT2D eigenvalue weighted by molar-refractivity contribution is 0.307. The number of aromatic amines is 1. The van der Waals surface area contributed by atoms with Crippen LogP contribution in [0.4, 0.5) is 4.39 Å². The van der Waals surface area contributed by atoms with Gasteiger partial charge in [0.2, 0.25) is 0 Å². The van der Waals surface area contributed by atoms with E-state index in [1.54, 1.807) is 43.3 Å². The average Bonchev–Trinajstić information content (AvgIpc) is 2.60. The van der Waals surface area contributed by atoms with Crippen molar-refractivity contribution in [2.75, 3.05) is 0 Å². The molecule has 3 rings (SSSR count). The third-order valence-corrected chi connectivity index (χ3v) is 4.03. The SMILES string of the molecule is Cc1cc(-c2cc(Cl)ccc2OCc2cccc(F)c2)c(C#N)c(=O)[nH]1. The van der Waals surface area contributed by atoms with Crippen LogP contribution in [0.5, 0.6) is 5.75 Å². The number of aryl methyl sites for hydroxylation is 1. The van der Waals surface area contributed by atoms with Gasteiger partial charge in [-0.1, -0.05) is 23.7 Å². The number of hydrogen-bond donors (Lipinski definition) is 1. The highest BCUT2D eigenvalue weighted by atomic mass is 35.5. The molecule has 6 heteroatoms. The number of ether oxygens (including phenoxy) is 1. The van der Waals surface area contributed by atoms with E-state index in [0.717, 1.165) is 0 Å². The van der Waals surface area contributed by atoms with Crippen molar-refractivity contribution in [3.05, 3.63) is 86.5 Å². The summed E-state index contributed by atoms with van der Waals surface area (Å²) in [5, 5.41) is 9.81. The Kier molecular flexibility index (Phi) is 5.06. The first kappa shape index (κ1) is 17.7. The number of halogens is 2. The van der Waals surface area contributed by atoms with E-state index in [9.17, 15) is 14.4 Å². The molecule has 0 aliphatic heterocycles. The molecule has 1 aromatic heterocycles. The molecule has 0 aliphatic rings. The van der Waals surface area contributed by atoms with Crippen LogP contribution in [0, 0.1) is 24.1 Å². The van der Waals surface area contributed by atoms with Crippen molar-refractivity contribution >= 4 is 11.6 Å². The van der Waals surface area contributed by atoms with Crippen LogP contribution in [0.25, 0.3) is 11.1 Å². The summed E-state index contributed by atoms with van der Waals surface area (Å²) >= 11 is 6.11.